The molecule has 0 unspecified atom stereocenters. The van der Waals surface area contributed by atoms with Crippen LogP contribution < -0.4 is 10.0 Å². The first-order valence-corrected chi connectivity index (χ1v) is 8.28. The third-order valence-electron chi connectivity index (χ3n) is 3.72. The van der Waals surface area contributed by atoms with Crippen LogP contribution in [0.1, 0.15) is 24.0 Å². The van der Waals surface area contributed by atoms with Crippen LogP contribution in [0.2, 0.25) is 0 Å². The van der Waals surface area contributed by atoms with E-state index in [2.05, 4.69) is 10.0 Å². The first kappa shape index (κ1) is 15.9. The van der Waals surface area contributed by atoms with Gasteiger partial charge in [-0.25, -0.2) is 13.1 Å². The van der Waals surface area contributed by atoms with Crippen molar-refractivity contribution in [2.24, 2.45) is 0 Å². The predicted molar refractivity (Wildman–Crippen MR) is 78.8 cm³/mol. The Kier molecular flexibility index (Phi) is 4.60. The van der Waals surface area contributed by atoms with Crippen LogP contribution >= 0.6 is 0 Å². The Bertz CT molecular complexity index is 652. The number of benzene rings is 1. The minimum Gasteiger partial charge on any atom is -0.317 e. The molecule has 1 aliphatic heterocycles. The van der Waals surface area contributed by atoms with Gasteiger partial charge in [-0.05, 0) is 57.0 Å². The van der Waals surface area contributed by atoms with E-state index in [1.165, 1.54) is 12.1 Å². The molecule has 2 N–H and O–H groups in total. The zero-order chi connectivity index (χ0) is 15.6. The van der Waals surface area contributed by atoms with Crippen LogP contribution in [0.25, 0.3) is 0 Å². The maximum Gasteiger partial charge on any atom is 0.289 e. The number of nitrogens with one attached hydrogen (secondary N) is 2. The molecule has 0 bridgehead atoms. The van der Waals surface area contributed by atoms with Gasteiger partial charge in [0, 0.05) is 12.1 Å². The second-order valence-corrected chi connectivity index (χ2v) is 6.99. The summed E-state index contributed by atoms with van der Waals surface area (Å²) in [4.78, 5) is 10.2. The van der Waals surface area contributed by atoms with Gasteiger partial charge in [0.15, 0.2) is 4.90 Å². The molecule has 0 aromatic heterocycles. The monoisotopic (exact) mass is 313 g/mol. The van der Waals surface area contributed by atoms with Crippen LogP contribution in [0.3, 0.4) is 0 Å². The summed E-state index contributed by atoms with van der Waals surface area (Å²) in [5.74, 6) is 0. The summed E-state index contributed by atoms with van der Waals surface area (Å²) >= 11 is 0. The van der Waals surface area contributed by atoms with Gasteiger partial charge in [0.1, 0.15) is 0 Å². The lowest BCUT2D eigenvalue weighted by molar-refractivity contribution is -0.387. The number of piperidine rings is 1. The molecule has 0 amide bonds. The van der Waals surface area contributed by atoms with E-state index in [9.17, 15) is 18.5 Å². The zero-order valence-electron chi connectivity index (χ0n) is 12.0. The summed E-state index contributed by atoms with van der Waals surface area (Å²) in [6.45, 7) is 4.94. The molecule has 0 atom stereocenters. The fourth-order valence-corrected chi connectivity index (χ4v) is 3.90. The molecule has 1 aromatic rings. The minimum atomic E-state index is -3.89. The third-order valence-corrected chi connectivity index (χ3v) is 5.27. The Hall–Kier alpha value is -1.51. The highest BCUT2D eigenvalue weighted by molar-refractivity contribution is 7.89. The number of sulfonamides is 1. The maximum absolute atomic E-state index is 12.5. The number of nitro benzene ring substituents is 1. The van der Waals surface area contributed by atoms with E-state index in [0.717, 1.165) is 13.1 Å². The highest BCUT2D eigenvalue weighted by atomic mass is 32.2. The number of hydrogen-bond acceptors (Lipinski definition) is 5. The van der Waals surface area contributed by atoms with Crippen molar-refractivity contribution >= 4 is 15.7 Å². The minimum absolute atomic E-state index is 0.183. The van der Waals surface area contributed by atoms with Crippen molar-refractivity contribution in [1.29, 1.82) is 0 Å². The molecular formula is C13H19N3O4S. The van der Waals surface area contributed by atoms with Crippen LogP contribution in [0.4, 0.5) is 5.69 Å². The maximum atomic E-state index is 12.5. The van der Waals surface area contributed by atoms with Crippen LogP contribution in [0, 0.1) is 24.0 Å². The predicted octanol–water partition coefficient (Wildman–Crippen LogP) is 1.24. The van der Waals surface area contributed by atoms with Crippen molar-refractivity contribution in [3.05, 3.63) is 33.4 Å². The summed E-state index contributed by atoms with van der Waals surface area (Å²) in [5.41, 5.74) is 1.04. The smallest absolute Gasteiger partial charge is 0.289 e. The highest BCUT2D eigenvalue weighted by Gasteiger charge is 2.29. The molecule has 1 fully saturated rings. The van der Waals surface area contributed by atoms with Crippen LogP contribution in [-0.4, -0.2) is 32.5 Å². The molecular weight excluding hydrogens is 294 g/mol. The van der Waals surface area contributed by atoms with Crippen molar-refractivity contribution in [3.63, 3.8) is 0 Å². The van der Waals surface area contributed by atoms with Crippen molar-refractivity contribution < 1.29 is 13.3 Å². The SMILES string of the molecule is Cc1cc([N+](=O)[O-])c(S(=O)(=O)NC2CCNCC2)cc1C. The lowest BCUT2D eigenvalue weighted by Gasteiger charge is -2.23. The third kappa shape index (κ3) is 3.58. The molecule has 116 valence electrons. The van der Waals surface area contributed by atoms with E-state index in [1.807, 2.05) is 0 Å². The fraction of sp³-hybridized carbons (Fsp3) is 0.538. The zero-order valence-corrected chi connectivity index (χ0v) is 12.9. The van der Waals surface area contributed by atoms with E-state index >= 15 is 0 Å². The van der Waals surface area contributed by atoms with Crippen LogP contribution in [-0.2, 0) is 10.0 Å². The van der Waals surface area contributed by atoms with Gasteiger partial charge in [-0.15, -0.1) is 0 Å². The van der Waals surface area contributed by atoms with E-state index < -0.39 is 14.9 Å². The van der Waals surface area contributed by atoms with E-state index in [-0.39, 0.29) is 16.6 Å². The first-order chi connectivity index (χ1) is 9.81. The van der Waals surface area contributed by atoms with Gasteiger partial charge in [-0.2, -0.15) is 0 Å². The largest absolute Gasteiger partial charge is 0.317 e. The average Bonchev–Trinajstić information content (AvgIpc) is 2.41. The summed E-state index contributed by atoms with van der Waals surface area (Å²) in [7, 11) is -3.89. The first-order valence-electron chi connectivity index (χ1n) is 6.80. The average molecular weight is 313 g/mol. The van der Waals surface area contributed by atoms with Crippen molar-refractivity contribution in [2.45, 2.75) is 37.6 Å². The van der Waals surface area contributed by atoms with Crippen molar-refractivity contribution in [3.8, 4) is 0 Å². The summed E-state index contributed by atoms with van der Waals surface area (Å²) in [6.07, 6.45) is 1.36. The molecule has 2 rings (SSSR count). The Balaban J connectivity index is 2.38. The van der Waals surface area contributed by atoms with Gasteiger partial charge in [-0.3, -0.25) is 10.1 Å². The molecule has 0 radical (unpaired) electrons. The van der Waals surface area contributed by atoms with Gasteiger partial charge in [0.25, 0.3) is 5.69 Å². The topological polar surface area (TPSA) is 101 Å². The Morgan fingerprint density at radius 3 is 2.38 bits per heavy atom. The molecule has 1 aromatic carbocycles. The fourth-order valence-electron chi connectivity index (χ4n) is 2.36. The van der Waals surface area contributed by atoms with Gasteiger partial charge < -0.3 is 5.32 Å². The molecule has 0 spiro atoms. The number of hydrogen-bond donors (Lipinski definition) is 2. The van der Waals surface area contributed by atoms with Crippen molar-refractivity contribution in [2.75, 3.05) is 13.1 Å². The van der Waals surface area contributed by atoms with Gasteiger partial charge >= 0.3 is 0 Å². The molecule has 7 nitrogen and oxygen atoms in total. The summed E-state index contributed by atoms with van der Waals surface area (Å²) in [5, 5.41) is 14.3. The standard InChI is InChI=1S/C13H19N3O4S/c1-9-7-12(16(17)18)13(8-10(9)2)21(19,20)15-11-3-5-14-6-4-11/h7-8,11,14-15H,3-6H2,1-2H3. The Labute approximate surface area is 123 Å². The normalized spacial score (nSPS) is 16.9. The molecule has 1 saturated heterocycles. The number of nitrogens with zero attached hydrogens (tertiary/aromatic N) is 1. The summed E-state index contributed by atoms with van der Waals surface area (Å²) < 4.78 is 27.5. The molecule has 0 saturated carbocycles. The second kappa shape index (κ2) is 6.08. The summed E-state index contributed by atoms with van der Waals surface area (Å²) in [6, 6.07) is 2.50. The quantitative estimate of drug-likeness (QED) is 0.643. The van der Waals surface area contributed by atoms with Crippen LogP contribution in [0.5, 0.6) is 0 Å². The number of nitro groups is 1. The molecule has 8 heteroatoms. The number of aryl methyl sites for hydroxylation is 2. The molecule has 21 heavy (non-hydrogen) atoms. The lowest BCUT2D eigenvalue weighted by atomic mass is 10.1. The van der Waals surface area contributed by atoms with E-state index in [1.54, 1.807) is 13.8 Å². The van der Waals surface area contributed by atoms with E-state index in [0.29, 0.717) is 24.0 Å². The van der Waals surface area contributed by atoms with E-state index in [4.69, 9.17) is 0 Å². The van der Waals surface area contributed by atoms with Gasteiger partial charge in [-0.1, -0.05) is 0 Å². The number of rotatable bonds is 4. The molecule has 1 aliphatic rings. The highest BCUT2D eigenvalue weighted by Crippen LogP contribution is 2.27. The van der Waals surface area contributed by atoms with Crippen LogP contribution in [0.15, 0.2) is 17.0 Å². The Morgan fingerprint density at radius 1 is 1.24 bits per heavy atom. The Morgan fingerprint density at radius 2 is 1.81 bits per heavy atom. The van der Waals surface area contributed by atoms with Crippen molar-refractivity contribution in [1.82, 2.24) is 10.0 Å². The molecule has 0 aliphatic carbocycles. The lowest BCUT2D eigenvalue weighted by Crippen LogP contribution is -2.42. The second-order valence-electron chi connectivity index (χ2n) is 5.31. The molecule has 1 heterocycles. The van der Waals surface area contributed by atoms with Gasteiger partial charge in [0.05, 0.1) is 4.92 Å². The van der Waals surface area contributed by atoms with Gasteiger partial charge in [0.2, 0.25) is 10.0 Å².